The van der Waals surface area contributed by atoms with Crippen LogP contribution in [-0.4, -0.2) is 40.6 Å². The average molecular weight is 297 g/mol. The van der Waals surface area contributed by atoms with Gasteiger partial charge in [-0.1, -0.05) is 0 Å². The third-order valence-electron chi connectivity index (χ3n) is 3.72. The fourth-order valence-electron chi connectivity index (χ4n) is 2.67. The third kappa shape index (κ3) is 2.49. The molecule has 1 aliphatic heterocycles. The predicted octanol–water partition coefficient (Wildman–Crippen LogP) is 1.48. The normalized spacial score (nSPS) is 26.0. The van der Waals surface area contributed by atoms with E-state index in [2.05, 4.69) is 0 Å². The van der Waals surface area contributed by atoms with Crippen molar-refractivity contribution >= 4 is 11.9 Å². The number of nitrogens with zero attached hydrogens (tertiary/aromatic N) is 1. The second kappa shape index (κ2) is 5.07. The molecule has 0 spiro atoms. The highest BCUT2D eigenvalue weighted by molar-refractivity contribution is 5.83. The SMILES string of the molecule is O=C(O)C1OCC(=O)N(C2CC2)C1c1cc(F)ccc1F. The number of aliphatic carboxylic acids is 1. The molecule has 7 heteroatoms. The van der Waals surface area contributed by atoms with E-state index >= 15 is 0 Å². The number of hydrogen-bond donors (Lipinski definition) is 1. The lowest BCUT2D eigenvalue weighted by Gasteiger charge is -2.39. The number of rotatable bonds is 3. The van der Waals surface area contributed by atoms with Crippen molar-refractivity contribution < 1.29 is 28.2 Å². The number of amides is 1. The summed E-state index contributed by atoms with van der Waals surface area (Å²) in [6.07, 6.45) is 0.0522. The summed E-state index contributed by atoms with van der Waals surface area (Å²) in [6, 6.07) is 1.52. The second-order valence-corrected chi connectivity index (χ2v) is 5.21. The lowest BCUT2D eigenvalue weighted by molar-refractivity contribution is -0.174. The van der Waals surface area contributed by atoms with Gasteiger partial charge in [-0.3, -0.25) is 4.79 Å². The van der Waals surface area contributed by atoms with Crippen LogP contribution in [0.4, 0.5) is 8.78 Å². The monoisotopic (exact) mass is 297 g/mol. The molecule has 0 bridgehead atoms. The number of carboxylic acid groups (broad SMARTS) is 1. The fourth-order valence-corrected chi connectivity index (χ4v) is 2.67. The van der Waals surface area contributed by atoms with E-state index in [1.807, 2.05) is 0 Å². The molecule has 1 saturated carbocycles. The Morgan fingerprint density at radius 1 is 1.33 bits per heavy atom. The van der Waals surface area contributed by atoms with E-state index in [4.69, 9.17) is 4.74 Å². The molecule has 21 heavy (non-hydrogen) atoms. The van der Waals surface area contributed by atoms with Gasteiger partial charge in [0.2, 0.25) is 5.91 Å². The Bertz CT molecular complexity index is 603. The second-order valence-electron chi connectivity index (χ2n) is 5.21. The topological polar surface area (TPSA) is 66.8 Å². The Hall–Kier alpha value is -2.02. The van der Waals surface area contributed by atoms with Crippen LogP contribution in [0.5, 0.6) is 0 Å². The summed E-state index contributed by atoms with van der Waals surface area (Å²) in [4.78, 5) is 24.7. The van der Waals surface area contributed by atoms with E-state index in [-0.39, 0.29) is 18.2 Å². The molecule has 2 fully saturated rings. The van der Waals surface area contributed by atoms with Gasteiger partial charge in [0.25, 0.3) is 0 Å². The van der Waals surface area contributed by atoms with E-state index < -0.39 is 35.7 Å². The first-order chi connectivity index (χ1) is 9.99. The van der Waals surface area contributed by atoms with Gasteiger partial charge in [-0.25, -0.2) is 13.6 Å². The molecule has 1 amide bonds. The summed E-state index contributed by atoms with van der Waals surface area (Å²) in [5, 5.41) is 9.26. The first-order valence-electron chi connectivity index (χ1n) is 6.59. The number of halogens is 2. The Morgan fingerprint density at radius 3 is 2.67 bits per heavy atom. The van der Waals surface area contributed by atoms with Crippen LogP contribution >= 0.6 is 0 Å². The minimum Gasteiger partial charge on any atom is -0.479 e. The van der Waals surface area contributed by atoms with Crippen molar-refractivity contribution in [2.75, 3.05) is 6.61 Å². The van der Waals surface area contributed by atoms with Gasteiger partial charge >= 0.3 is 5.97 Å². The van der Waals surface area contributed by atoms with Gasteiger partial charge in [0, 0.05) is 11.6 Å². The molecule has 1 N–H and O–H groups in total. The lowest BCUT2D eigenvalue weighted by Crippen LogP contribution is -2.53. The van der Waals surface area contributed by atoms with Gasteiger partial charge in [-0.2, -0.15) is 0 Å². The first-order valence-corrected chi connectivity index (χ1v) is 6.59. The van der Waals surface area contributed by atoms with Gasteiger partial charge in [0.15, 0.2) is 6.10 Å². The van der Waals surface area contributed by atoms with E-state index in [0.717, 1.165) is 31.0 Å². The standard InChI is InChI=1S/C14H13F2NO4/c15-7-1-4-10(16)9(5-7)12-13(14(19)20)21-6-11(18)17(12)8-2-3-8/h1,4-5,8,12-13H,2-3,6H2,(H,19,20). The number of ether oxygens (including phenoxy) is 1. The highest BCUT2D eigenvalue weighted by Gasteiger charge is 2.48. The van der Waals surface area contributed by atoms with Crippen molar-refractivity contribution in [2.24, 2.45) is 0 Å². The fraction of sp³-hybridized carbons (Fsp3) is 0.429. The number of benzene rings is 1. The van der Waals surface area contributed by atoms with E-state index in [1.54, 1.807) is 0 Å². The van der Waals surface area contributed by atoms with Crippen molar-refractivity contribution in [1.29, 1.82) is 0 Å². The molecule has 2 unspecified atom stereocenters. The zero-order valence-electron chi connectivity index (χ0n) is 11.0. The maximum atomic E-state index is 14.0. The van der Waals surface area contributed by atoms with Crippen LogP contribution in [-0.2, 0) is 14.3 Å². The van der Waals surface area contributed by atoms with Crippen molar-refractivity contribution in [3.05, 3.63) is 35.4 Å². The van der Waals surface area contributed by atoms with E-state index in [1.165, 1.54) is 4.90 Å². The summed E-state index contributed by atoms with van der Waals surface area (Å²) in [6.45, 7) is -0.360. The van der Waals surface area contributed by atoms with Gasteiger partial charge in [0.05, 0.1) is 6.04 Å². The minimum absolute atomic E-state index is 0.129. The maximum absolute atomic E-state index is 14.0. The summed E-state index contributed by atoms with van der Waals surface area (Å²) < 4.78 is 32.5. The van der Waals surface area contributed by atoms with Crippen molar-refractivity contribution in [2.45, 2.75) is 31.0 Å². The number of carbonyl (C=O) groups is 2. The van der Waals surface area contributed by atoms with Gasteiger partial charge < -0.3 is 14.7 Å². The Labute approximate surface area is 119 Å². The van der Waals surface area contributed by atoms with Crippen molar-refractivity contribution in [1.82, 2.24) is 4.90 Å². The Kier molecular flexibility index (Phi) is 3.36. The van der Waals surface area contributed by atoms with Gasteiger partial charge in [-0.15, -0.1) is 0 Å². The molecule has 1 saturated heterocycles. The molecule has 112 valence electrons. The average Bonchev–Trinajstić information content (AvgIpc) is 3.25. The van der Waals surface area contributed by atoms with Crippen LogP contribution in [0.25, 0.3) is 0 Å². The molecular weight excluding hydrogens is 284 g/mol. The molecule has 3 rings (SSSR count). The molecule has 1 heterocycles. The third-order valence-corrected chi connectivity index (χ3v) is 3.72. The van der Waals surface area contributed by atoms with Gasteiger partial charge in [0.1, 0.15) is 18.2 Å². The van der Waals surface area contributed by atoms with Crippen LogP contribution in [0, 0.1) is 11.6 Å². The lowest BCUT2D eigenvalue weighted by atomic mass is 9.96. The van der Waals surface area contributed by atoms with Gasteiger partial charge in [-0.05, 0) is 31.0 Å². The van der Waals surface area contributed by atoms with Crippen LogP contribution in [0.1, 0.15) is 24.4 Å². The molecule has 5 nitrogen and oxygen atoms in total. The minimum atomic E-state index is -1.40. The first kappa shape index (κ1) is 13.9. The largest absolute Gasteiger partial charge is 0.479 e. The molecule has 1 aromatic rings. The molecule has 1 aromatic carbocycles. The molecule has 1 aliphatic carbocycles. The smallest absolute Gasteiger partial charge is 0.335 e. The summed E-state index contributed by atoms with van der Waals surface area (Å²) in [5.74, 6) is -3.15. The van der Waals surface area contributed by atoms with Crippen LogP contribution < -0.4 is 0 Å². The maximum Gasteiger partial charge on any atom is 0.335 e. The van der Waals surface area contributed by atoms with Crippen LogP contribution in [0.2, 0.25) is 0 Å². The van der Waals surface area contributed by atoms with E-state index in [9.17, 15) is 23.5 Å². The van der Waals surface area contributed by atoms with Crippen LogP contribution in [0.15, 0.2) is 18.2 Å². The molecular formula is C14H13F2NO4. The number of hydrogen-bond acceptors (Lipinski definition) is 3. The summed E-state index contributed by atoms with van der Waals surface area (Å²) >= 11 is 0. The number of carboxylic acids is 1. The molecule has 0 aromatic heterocycles. The molecule has 0 radical (unpaired) electrons. The number of morpholine rings is 1. The van der Waals surface area contributed by atoms with Crippen LogP contribution in [0.3, 0.4) is 0 Å². The number of carbonyl (C=O) groups excluding carboxylic acids is 1. The quantitative estimate of drug-likeness (QED) is 0.917. The van der Waals surface area contributed by atoms with Crippen molar-refractivity contribution in [3.8, 4) is 0 Å². The Balaban J connectivity index is 2.08. The zero-order chi connectivity index (χ0) is 15.1. The molecule has 2 aliphatic rings. The summed E-state index contributed by atoms with van der Waals surface area (Å²) in [7, 11) is 0. The van der Waals surface area contributed by atoms with Crippen molar-refractivity contribution in [3.63, 3.8) is 0 Å². The highest BCUT2D eigenvalue weighted by Crippen LogP contribution is 2.40. The predicted molar refractivity (Wildman–Crippen MR) is 66.3 cm³/mol. The zero-order valence-corrected chi connectivity index (χ0v) is 11.0. The highest BCUT2D eigenvalue weighted by atomic mass is 19.1. The summed E-state index contributed by atoms with van der Waals surface area (Å²) in [5.41, 5.74) is -0.164. The molecule has 2 atom stereocenters. The Morgan fingerprint density at radius 2 is 2.05 bits per heavy atom. The van der Waals surface area contributed by atoms with E-state index in [0.29, 0.717) is 0 Å².